The molecule has 0 aromatic carbocycles. The molecular weight excluding hydrogens is 172 g/mol. The molecule has 1 aromatic heterocycles. The minimum Gasteiger partial charge on any atom is -0.457 e. The summed E-state index contributed by atoms with van der Waals surface area (Å²) in [6, 6.07) is 3.33. The minimum absolute atomic E-state index is 0.0972. The van der Waals surface area contributed by atoms with E-state index in [9.17, 15) is 4.79 Å². The van der Waals surface area contributed by atoms with E-state index in [-0.39, 0.29) is 11.9 Å². The van der Waals surface area contributed by atoms with Crippen LogP contribution >= 0.6 is 0 Å². The highest BCUT2D eigenvalue weighted by atomic mass is 16.6. The fourth-order valence-corrected chi connectivity index (χ4v) is 0.948. The molecule has 4 heteroatoms. The van der Waals surface area contributed by atoms with Gasteiger partial charge in [0, 0.05) is 0 Å². The van der Waals surface area contributed by atoms with Gasteiger partial charge in [-0.3, -0.25) is 0 Å². The van der Waals surface area contributed by atoms with E-state index in [2.05, 4.69) is 0 Å². The normalized spacial score (nSPS) is 19.9. The number of hydrogen-bond donors (Lipinski definition) is 0. The highest BCUT2D eigenvalue weighted by Crippen LogP contribution is 2.12. The molecule has 0 amide bonds. The van der Waals surface area contributed by atoms with Crippen molar-refractivity contribution in [1.82, 2.24) is 0 Å². The molecular formula is C9H10O4. The van der Waals surface area contributed by atoms with Crippen molar-refractivity contribution in [2.24, 2.45) is 0 Å². The lowest BCUT2D eigenvalue weighted by Gasteiger charge is -1.98. The van der Waals surface area contributed by atoms with E-state index in [4.69, 9.17) is 13.9 Å². The zero-order valence-corrected chi connectivity index (χ0v) is 7.28. The Morgan fingerprint density at radius 2 is 2.46 bits per heavy atom. The van der Waals surface area contributed by atoms with Crippen LogP contribution in [0.4, 0.5) is 0 Å². The minimum atomic E-state index is -0.427. The Labute approximate surface area is 75.4 Å². The van der Waals surface area contributed by atoms with Gasteiger partial charge in [-0.05, 0) is 19.1 Å². The summed E-state index contributed by atoms with van der Waals surface area (Å²) in [5, 5.41) is 0. The monoisotopic (exact) mass is 182 g/mol. The van der Waals surface area contributed by atoms with Gasteiger partial charge in [-0.25, -0.2) is 4.79 Å². The Hall–Kier alpha value is -1.29. The van der Waals surface area contributed by atoms with E-state index < -0.39 is 5.97 Å². The Balaban J connectivity index is 1.88. The molecule has 0 saturated carbocycles. The fraction of sp³-hybridized carbons (Fsp3) is 0.444. The first-order chi connectivity index (χ1) is 6.25. The number of ether oxygens (including phenoxy) is 2. The number of esters is 1. The van der Waals surface area contributed by atoms with Gasteiger partial charge in [0.05, 0.1) is 6.61 Å². The van der Waals surface area contributed by atoms with Crippen LogP contribution in [0.3, 0.4) is 0 Å². The van der Waals surface area contributed by atoms with Crippen LogP contribution in [0.2, 0.25) is 0 Å². The van der Waals surface area contributed by atoms with Crippen LogP contribution in [0, 0.1) is 6.92 Å². The highest BCUT2D eigenvalue weighted by Gasteiger charge is 2.25. The third kappa shape index (κ3) is 2.09. The third-order valence-corrected chi connectivity index (χ3v) is 1.74. The first-order valence-electron chi connectivity index (χ1n) is 4.11. The lowest BCUT2D eigenvalue weighted by molar-refractivity contribution is 0.0439. The van der Waals surface area contributed by atoms with Crippen LogP contribution in [0.1, 0.15) is 16.3 Å². The number of furan rings is 1. The lowest BCUT2D eigenvalue weighted by Crippen LogP contribution is -2.09. The van der Waals surface area contributed by atoms with Crippen molar-refractivity contribution < 1.29 is 18.7 Å². The van der Waals surface area contributed by atoms with Crippen LogP contribution in [0.15, 0.2) is 16.5 Å². The largest absolute Gasteiger partial charge is 0.457 e. The van der Waals surface area contributed by atoms with Gasteiger partial charge >= 0.3 is 5.97 Å². The zero-order chi connectivity index (χ0) is 9.26. The van der Waals surface area contributed by atoms with Crippen molar-refractivity contribution in [2.75, 3.05) is 13.2 Å². The SMILES string of the molecule is Cc1ccc(C(=O)OCC2CO2)o1. The maximum Gasteiger partial charge on any atom is 0.374 e. The standard InChI is InChI=1S/C9H10O4/c1-6-2-3-8(13-6)9(10)12-5-7-4-11-7/h2-3,7H,4-5H2,1H3. The van der Waals surface area contributed by atoms with E-state index in [0.29, 0.717) is 19.0 Å². The summed E-state index contributed by atoms with van der Waals surface area (Å²) in [6.07, 6.45) is 0.0972. The molecule has 0 spiro atoms. The summed E-state index contributed by atoms with van der Waals surface area (Å²) < 4.78 is 14.9. The smallest absolute Gasteiger partial charge is 0.374 e. The van der Waals surface area contributed by atoms with Gasteiger partial charge in [0.15, 0.2) is 0 Å². The third-order valence-electron chi connectivity index (χ3n) is 1.74. The summed E-state index contributed by atoms with van der Waals surface area (Å²) >= 11 is 0. The van der Waals surface area contributed by atoms with Crippen molar-refractivity contribution in [2.45, 2.75) is 13.0 Å². The first kappa shape index (κ1) is 8.31. The summed E-state index contributed by atoms with van der Waals surface area (Å²) in [5.41, 5.74) is 0. The van der Waals surface area contributed by atoms with Crippen LogP contribution in [-0.2, 0) is 9.47 Å². The van der Waals surface area contributed by atoms with Crippen LogP contribution in [0.25, 0.3) is 0 Å². The predicted octanol–water partition coefficient (Wildman–Crippen LogP) is 1.14. The van der Waals surface area contributed by atoms with E-state index in [1.54, 1.807) is 19.1 Å². The maximum absolute atomic E-state index is 11.2. The van der Waals surface area contributed by atoms with Crippen LogP contribution < -0.4 is 0 Å². The van der Waals surface area contributed by atoms with Crippen molar-refractivity contribution >= 4 is 5.97 Å². The fourth-order valence-electron chi connectivity index (χ4n) is 0.948. The molecule has 70 valence electrons. The zero-order valence-electron chi connectivity index (χ0n) is 7.28. The molecule has 1 aliphatic rings. The Kier molecular flexibility index (Phi) is 2.06. The lowest BCUT2D eigenvalue weighted by atomic mass is 10.4. The maximum atomic E-state index is 11.2. The summed E-state index contributed by atoms with van der Waals surface area (Å²) in [7, 11) is 0. The van der Waals surface area contributed by atoms with Gasteiger partial charge in [0.25, 0.3) is 0 Å². The molecule has 0 bridgehead atoms. The number of aryl methyl sites for hydroxylation is 1. The second-order valence-corrected chi connectivity index (χ2v) is 2.96. The second-order valence-electron chi connectivity index (χ2n) is 2.96. The average molecular weight is 182 g/mol. The van der Waals surface area contributed by atoms with Gasteiger partial charge < -0.3 is 13.9 Å². The second kappa shape index (κ2) is 3.22. The summed E-state index contributed by atoms with van der Waals surface area (Å²) in [6.45, 7) is 2.78. The Morgan fingerprint density at radius 3 is 3.00 bits per heavy atom. The van der Waals surface area contributed by atoms with Crippen molar-refractivity contribution in [3.05, 3.63) is 23.7 Å². The Morgan fingerprint density at radius 1 is 1.69 bits per heavy atom. The first-order valence-corrected chi connectivity index (χ1v) is 4.11. The van der Waals surface area contributed by atoms with E-state index in [1.165, 1.54) is 0 Å². The molecule has 0 radical (unpaired) electrons. The molecule has 0 aliphatic carbocycles. The average Bonchev–Trinajstić information content (AvgIpc) is 2.84. The molecule has 1 aromatic rings. The highest BCUT2D eigenvalue weighted by molar-refractivity contribution is 5.86. The molecule has 2 rings (SSSR count). The summed E-state index contributed by atoms with van der Waals surface area (Å²) in [4.78, 5) is 11.2. The number of hydrogen-bond acceptors (Lipinski definition) is 4. The molecule has 13 heavy (non-hydrogen) atoms. The summed E-state index contributed by atoms with van der Waals surface area (Å²) in [5.74, 6) is 0.524. The number of epoxide rings is 1. The van der Waals surface area contributed by atoms with E-state index in [1.807, 2.05) is 0 Å². The Bertz CT molecular complexity index is 311. The van der Waals surface area contributed by atoms with E-state index >= 15 is 0 Å². The van der Waals surface area contributed by atoms with Gasteiger partial charge in [0.2, 0.25) is 5.76 Å². The van der Waals surface area contributed by atoms with Gasteiger partial charge in [0.1, 0.15) is 18.5 Å². The van der Waals surface area contributed by atoms with E-state index in [0.717, 1.165) is 0 Å². The molecule has 1 atom stereocenters. The molecule has 1 aliphatic heterocycles. The van der Waals surface area contributed by atoms with Gasteiger partial charge in [-0.1, -0.05) is 0 Å². The van der Waals surface area contributed by atoms with Crippen LogP contribution in [0.5, 0.6) is 0 Å². The molecule has 4 nitrogen and oxygen atoms in total. The molecule has 1 fully saturated rings. The van der Waals surface area contributed by atoms with Crippen LogP contribution in [-0.4, -0.2) is 25.3 Å². The molecule has 2 heterocycles. The molecule has 1 unspecified atom stereocenters. The van der Waals surface area contributed by atoms with Crippen molar-refractivity contribution in [1.29, 1.82) is 0 Å². The molecule has 1 saturated heterocycles. The van der Waals surface area contributed by atoms with Gasteiger partial charge in [-0.2, -0.15) is 0 Å². The van der Waals surface area contributed by atoms with Crippen molar-refractivity contribution in [3.8, 4) is 0 Å². The topological polar surface area (TPSA) is 52.0 Å². The van der Waals surface area contributed by atoms with Gasteiger partial charge in [-0.15, -0.1) is 0 Å². The molecule has 0 N–H and O–H groups in total. The predicted molar refractivity (Wildman–Crippen MR) is 43.5 cm³/mol. The van der Waals surface area contributed by atoms with Crippen molar-refractivity contribution in [3.63, 3.8) is 0 Å². The number of rotatable bonds is 3. The quantitative estimate of drug-likeness (QED) is 0.519. The number of carbonyl (C=O) groups is 1. The number of carbonyl (C=O) groups excluding carboxylic acids is 1.